The quantitative estimate of drug-likeness (QED) is 0.518. The standard InChI is InChI=1S/C28H34N4O3S/c1-21-5-6-22(2)27(19-21)32(36(4,34)35)20-23-7-9-24(10-8-23)28(33)29-25-11-13-26(14-12-25)31-17-15-30(3)16-18-31/h5-14,19H,15-18,20H2,1-4H3,(H,29,33). The molecule has 1 aliphatic rings. The van der Waals surface area contributed by atoms with Crippen LogP contribution in [0.5, 0.6) is 0 Å². The van der Waals surface area contributed by atoms with Gasteiger partial charge < -0.3 is 15.1 Å². The van der Waals surface area contributed by atoms with E-state index in [0.717, 1.165) is 54.2 Å². The number of piperazine rings is 1. The topological polar surface area (TPSA) is 73.0 Å². The first-order chi connectivity index (χ1) is 17.1. The van der Waals surface area contributed by atoms with Gasteiger partial charge in [0.05, 0.1) is 18.5 Å². The predicted molar refractivity (Wildman–Crippen MR) is 147 cm³/mol. The summed E-state index contributed by atoms with van der Waals surface area (Å²) in [5, 5.41) is 2.95. The van der Waals surface area contributed by atoms with Crippen LogP contribution in [0.1, 0.15) is 27.0 Å². The molecule has 1 amide bonds. The largest absolute Gasteiger partial charge is 0.369 e. The van der Waals surface area contributed by atoms with Gasteiger partial charge in [-0.25, -0.2) is 8.42 Å². The fourth-order valence-electron chi connectivity index (χ4n) is 4.32. The van der Waals surface area contributed by atoms with Crippen molar-refractivity contribution in [3.05, 3.63) is 89.0 Å². The summed E-state index contributed by atoms with van der Waals surface area (Å²) in [5.41, 5.74) is 5.76. The smallest absolute Gasteiger partial charge is 0.255 e. The van der Waals surface area contributed by atoms with Crippen LogP contribution in [0, 0.1) is 13.8 Å². The average molecular weight is 507 g/mol. The lowest BCUT2D eigenvalue weighted by Gasteiger charge is -2.34. The summed E-state index contributed by atoms with van der Waals surface area (Å²) in [6.07, 6.45) is 1.21. The maximum Gasteiger partial charge on any atom is 0.255 e. The van der Waals surface area contributed by atoms with Crippen molar-refractivity contribution < 1.29 is 13.2 Å². The van der Waals surface area contributed by atoms with E-state index >= 15 is 0 Å². The monoisotopic (exact) mass is 506 g/mol. The van der Waals surface area contributed by atoms with Gasteiger partial charge in [0.15, 0.2) is 0 Å². The molecule has 3 aromatic carbocycles. The van der Waals surface area contributed by atoms with E-state index in [9.17, 15) is 13.2 Å². The number of hydrogen-bond acceptors (Lipinski definition) is 5. The first-order valence-electron chi connectivity index (χ1n) is 12.1. The molecular formula is C28H34N4O3S. The Balaban J connectivity index is 1.42. The van der Waals surface area contributed by atoms with Gasteiger partial charge in [-0.2, -0.15) is 0 Å². The SMILES string of the molecule is Cc1ccc(C)c(N(Cc2ccc(C(=O)Nc3ccc(N4CCN(C)CC4)cc3)cc2)S(C)(=O)=O)c1. The number of likely N-dealkylation sites (N-methyl/N-ethyl adjacent to an activating group) is 1. The lowest BCUT2D eigenvalue weighted by atomic mass is 10.1. The molecule has 1 aliphatic heterocycles. The number of benzene rings is 3. The Morgan fingerprint density at radius 2 is 1.56 bits per heavy atom. The van der Waals surface area contributed by atoms with Gasteiger partial charge in [-0.3, -0.25) is 9.10 Å². The Kier molecular flexibility index (Phi) is 7.66. The predicted octanol–water partition coefficient (Wildman–Crippen LogP) is 4.27. The summed E-state index contributed by atoms with van der Waals surface area (Å²) < 4.78 is 26.6. The molecule has 7 nitrogen and oxygen atoms in total. The van der Waals surface area contributed by atoms with Gasteiger partial charge in [0.25, 0.3) is 5.91 Å². The molecule has 0 unspecified atom stereocenters. The molecule has 0 aromatic heterocycles. The summed E-state index contributed by atoms with van der Waals surface area (Å²) in [6, 6.07) is 20.8. The molecule has 4 rings (SSSR count). The van der Waals surface area contributed by atoms with Crippen LogP contribution >= 0.6 is 0 Å². The van der Waals surface area contributed by atoms with E-state index in [0.29, 0.717) is 11.3 Å². The van der Waals surface area contributed by atoms with Crippen LogP contribution in [0.25, 0.3) is 0 Å². The molecule has 1 fully saturated rings. The van der Waals surface area contributed by atoms with E-state index in [1.54, 1.807) is 24.3 Å². The van der Waals surface area contributed by atoms with Crippen molar-refractivity contribution in [2.75, 3.05) is 54.0 Å². The van der Waals surface area contributed by atoms with Crippen molar-refractivity contribution in [2.24, 2.45) is 0 Å². The minimum Gasteiger partial charge on any atom is -0.369 e. The number of amides is 1. The van der Waals surface area contributed by atoms with Crippen LogP contribution < -0.4 is 14.5 Å². The Hall–Kier alpha value is -3.36. The number of carbonyl (C=O) groups excluding carboxylic acids is 1. The highest BCUT2D eigenvalue weighted by atomic mass is 32.2. The van der Waals surface area contributed by atoms with Crippen LogP contribution in [0.15, 0.2) is 66.7 Å². The van der Waals surface area contributed by atoms with E-state index in [1.807, 2.05) is 56.3 Å². The molecule has 0 radical (unpaired) electrons. The number of aryl methyl sites for hydroxylation is 2. The first kappa shape index (κ1) is 25.7. The third-order valence-electron chi connectivity index (χ3n) is 6.57. The van der Waals surface area contributed by atoms with Crippen LogP contribution in [0.3, 0.4) is 0 Å². The minimum absolute atomic E-state index is 0.193. The molecule has 0 bridgehead atoms. The maximum atomic E-state index is 12.8. The molecular weight excluding hydrogens is 472 g/mol. The Morgan fingerprint density at radius 3 is 2.17 bits per heavy atom. The highest BCUT2D eigenvalue weighted by molar-refractivity contribution is 7.92. The van der Waals surface area contributed by atoms with Crippen molar-refractivity contribution in [3.63, 3.8) is 0 Å². The molecule has 1 N–H and O–H groups in total. The molecule has 190 valence electrons. The number of hydrogen-bond donors (Lipinski definition) is 1. The van der Waals surface area contributed by atoms with Crippen molar-refractivity contribution in [1.29, 1.82) is 0 Å². The molecule has 1 saturated heterocycles. The fourth-order valence-corrected chi connectivity index (χ4v) is 5.26. The van der Waals surface area contributed by atoms with Crippen LogP contribution in [-0.2, 0) is 16.6 Å². The van der Waals surface area contributed by atoms with Gasteiger partial charge >= 0.3 is 0 Å². The number of carbonyl (C=O) groups is 1. The second-order valence-corrected chi connectivity index (χ2v) is 11.5. The molecule has 0 spiro atoms. The van der Waals surface area contributed by atoms with Gasteiger partial charge in [0, 0.05) is 43.1 Å². The molecule has 0 aliphatic carbocycles. The summed E-state index contributed by atoms with van der Waals surface area (Å²) in [5.74, 6) is -0.205. The highest BCUT2D eigenvalue weighted by Crippen LogP contribution is 2.26. The minimum atomic E-state index is -3.49. The van der Waals surface area contributed by atoms with Crippen LogP contribution in [-0.4, -0.2) is 58.7 Å². The molecule has 8 heteroatoms. The van der Waals surface area contributed by atoms with Gasteiger partial charge in [0.1, 0.15) is 0 Å². The maximum absolute atomic E-state index is 12.8. The van der Waals surface area contributed by atoms with Crippen LogP contribution in [0.2, 0.25) is 0 Å². The van der Waals surface area contributed by atoms with E-state index < -0.39 is 10.0 Å². The molecule has 3 aromatic rings. The molecule has 0 saturated carbocycles. The zero-order valence-electron chi connectivity index (χ0n) is 21.4. The van der Waals surface area contributed by atoms with E-state index in [-0.39, 0.29) is 12.5 Å². The second-order valence-electron chi connectivity index (χ2n) is 9.55. The number of nitrogens with one attached hydrogen (secondary N) is 1. The van der Waals surface area contributed by atoms with Gasteiger partial charge in [-0.1, -0.05) is 24.3 Å². The van der Waals surface area contributed by atoms with Crippen molar-refractivity contribution >= 4 is 33.0 Å². The second kappa shape index (κ2) is 10.7. The zero-order valence-corrected chi connectivity index (χ0v) is 22.2. The lowest BCUT2D eigenvalue weighted by molar-refractivity contribution is 0.102. The Labute approximate surface area is 214 Å². The molecule has 1 heterocycles. The van der Waals surface area contributed by atoms with E-state index in [1.165, 1.54) is 10.6 Å². The summed E-state index contributed by atoms with van der Waals surface area (Å²) in [6.45, 7) is 8.11. The highest BCUT2D eigenvalue weighted by Gasteiger charge is 2.20. The number of sulfonamides is 1. The Bertz CT molecular complexity index is 1310. The van der Waals surface area contributed by atoms with Crippen molar-refractivity contribution in [3.8, 4) is 0 Å². The first-order valence-corrected chi connectivity index (χ1v) is 13.9. The molecule has 36 heavy (non-hydrogen) atoms. The van der Waals surface area contributed by atoms with Gasteiger partial charge in [0.2, 0.25) is 10.0 Å². The van der Waals surface area contributed by atoms with Crippen molar-refractivity contribution in [1.82, 2.24) is 4.90 Å². The molecule has 0 atom stereocenters. The van der Waals surface area contributed by atoms with Crippen LogP contribution in [0.4, 0.5) is 17.1 Å². The number of anilines is 3. The van der Waals surface area contributed by atoms with Gasteiger partial charge in [-0.15, -0.1) is 0 Å². The van der Waals surface area contributed by atoms with Crippen molar-refractivity contribution in [2.45, 2.75) is 20.4 Å². The number of rotatable bonds is 7. The van der Waals surface area contributed by atoms with E-state index in [4.69, 9.17) is 0 Å². The van der Waals surface area contributed by atoms with E-state index in [2.05, 4.69) is 22.2 Å². The lowest BCUT2D eigenvalue weighted by Crippen LogP contribution is -2.44. The summed E-state index contributed by atoms with van der Waals surface area (Å²) in [4.78, 5) is 17.5. The summed E-state index contributed by atoms with van der Waals surface area (Å²) >= 11 is 0. The third-order valence-corrected chi connectivity index (χ3v) is 7.70. The fraction of sp³-hybridized carbons (Fsp3) is 0.321. The Morgan fingerprint density at radius 1 is 0.917 bits per heavy atom. The number of nitrogens with zero attached hydrogens (tertiary/aromatic N) is 3. The average Bonchev–Trinajstić information content (AvgIpc) is 2.85. The zero-order chi connectivity index (χ0) is 25.9. The normalized spacial score (nSPS) is 14.5. The third kappa shape index (κ3) is 6.25. The summed E-state index contributed by atoms with van der Waals surface area (Å²) in [7, 11) is -1.35. The van der Waals surface area contributed by atoms with Gasteiger partial charge in [-0.05, 0) is 80.1 Å².